The van der Waals surface area contributed by atoms with E-state index in [0.29, 0.717) is 0 Å². The number of para-hydroxylation sites is 1. The molecule has 4 rings (SSSR count). The van der Waals surface area contributed by atoms with Crippen LogP contribution in [0.3, 0.4) is 0 Å². The Morgan fingerprint density at radius 2 is 1.24 bits per heavy atom. The molecular formula is C26H21N3O5. The molecule has 170 valence electrons. The van der Waals surface area contributed by atoms with E-state index in [1.165, 1.54) is 24.3 Å². The number of hydrogen-bond acceptors (Lipinski definition) is 7. The molecule has 0 atom stereocenters. The molecule has 0 radical (unpaired) electrons. The minimum atomic E-state index is -0.523. The third-order valence-electron chi connectivity index (χ3n) is 4.84. The van der Waals surface area contributed by atoms with Crippen molar-refractivity contribution in [2.75, 3.05) is 0 Å². The van der Waals surface area contributed by atoms with Crippen LogP contribution in [0.4, 0.5) is 17.1 Å². The van der Waals surface area contributed by atoms with Crippen molar-refractivity contribution in [3.63, 3.8) is 0 Å². The van der Waals surface area contributed by atoms with E-state index >= 15 is 0 Å². The van der Waals surface area contributed by atoms with Crippen LogP contribution >= 0.6 is 0 Å². The minimum Gasteiger partial charge on any atom is -0.508 e. The maximum atomic E-state index is 11.4. The van der Waals surface area contributed by atoms with Gasteiger partial charge in [-0.15, -0.1) is 10.2 Å². The van der Waals surface area contributed by atoms with Crippen LogP contribution in [-0.2, 0) is 13.2 Å². The second-order valence-electron chi connectivity index (χ2n) is 7.29. The zero-order chi connectivity index (χ0) is 23.8. The molecule has 8 nitrogen and oxygen atoms in total. The zero-order valence-corrected chi connectivity index (χ0v) is 18.1. The molecular weight excluding hydrogens is 434 g/mol. The smallest absolute Gasteiger partial charge is 0.296 e. The van der Waals surface area contributed by atoms with Crippen molar-refractivity contribution >= 4 is 17.1 Å². The molecule has 0 spiro atoms. The molecule has 0 saturated heterocycles. The molecule has 0 heterocycles. The normalized spacial score (nSPS) is 10.8. The molecule has 0 aliphatic heterocycles. The van der Waals surface area contributed by atoms with E-state index in [1.807, 2.05) is 60.7 Å². The molecule has 1 N–H and O–H groups in total. The molecule has 0 bridgehead atoms. The first-order valence-corrected chi connectivity index (χ1v) is 10.5. The van der Waals surface area contributed by atoms with E-state index in [0.717, 1.165) is 11.1 Å². The standard InChI is InChI=1S/C26H21N3O5/c30-21-15-24(33-17-19-9-3-1-4-10-19)26(25(16-21)34-18-20-11-5-2-6-12-20)28-27-22-13-7-8-14-23(22)29(31)32/h1-16,30H,17-18H2. The fraction of sp³-hybridized carbons (Fsp3) is 0.0769. The van der Waals surface area contributed by atoms with Gasteiger partial charge >= 0.3 is 0 Å². The van der Waals surface area contributed by atoms with Gasteiger partial charge < -0.3 is 14.6 Å². The summed E-state index contributed by atoms with van der Waals surface area (Å²) in [6, 6.07) is 27.9. The highest BCUT2D eigenvalue weighted by Crippen LogP contribution is 2.43. The van der Waals surface area contributed by atoms with Crippen LogP contribution in [0, 0.1) is 10.1 Å². The van der Waals surface area contributed by atoms with Crippen molar-refractivity contribution < 1.29 is 19.5 Å². The Hall–Kier alpha value is -4.72. The number of nitro benzene ring substituents is 1. The van der Waals surface area contributed by atoms with Crippen LogP contribution in [0.25, 0.3) is 0 Å². The molecule has 0 fully saturated rings. The molecule has 0 saturated carbocycles. The summed E-state index contributed by atoms with van der Waals surface area (Å²) in [6.45, 7) is 0.437. The van der Waals surface area contributed by atoms with E-state index in [-0.39, 0.29) is 47.5 Å². The van der Waals surface area contributed by atoms with Crippen LogP contribution in [0.2, 0.25) is 0 Å². The number of rotatable bonds is 9. The first kappa shape index (κ1) is 22.5. The number of phenolic OH excluding ortho intramolecular Hbond substituents is 1. The number of nitro groups is 1. The van der Waals surface area contributed by atoms with E-state index < -0.39 is 4.92 Å². The molecule has 4 aromatic carbocycles. The van der Waals surface area contributed by atoms with Crippen molar-refractivity contribution in [2.45, 2.75) is 13.2 Å². The number of ether oxygens (including phenoxy) is 2. The van der Waals surface area contributed by atoms with E-state index in [1.54, 1.807) is 12.1 Å². The quantitative estimate of drug-likeness (QED) is 0.168. The minimum absolute atomic E-state index is 0.0734. The highest BCUT2D eigenvalue weighted by atomic mass is 16.6. The molecule has 8 heteroatoms. The summed E-state index contributed by atoms with van der Waals surface area (Å²) in [6.07, 6.45) is 0. The number of phenols is 1. The average molecular weight is 455 g/mol. The van der Waals surface area contributed by atoms with Crippen molar-refractivity contribution in [1.29, 1.82) is 0 Å². The van der Waals surface area contributed by atoms with Gasteiger partial charge in [-0.1, -0.05) is 72.8 Å². The van der Waals surface area contributed by atoms with Crippen molar-refractivity contribution in [1.82, 2.24) is 0 Å². The largest absolute Gasteiger partial charge is 0.508 e. The lowest BCUT2D eigenvalue weighted by molar-refractivity contribution is -0.384. The van der Waals surface area contributed by atoms with Crippen molar-refractivity contribution in [3.8, 4) is 17.2 Å². The molecule has 4 aromatic rings. The topological polar surface area (TPSA) is 107 Å². The summed E-state index contributed by atoms with van der Waals surface area (Å²) < 4.78 is 11.9. The summed E-state index contributed by atoms with van der Waals surface area (Å²) in [5.41, 5.74) is 1.95. The third kappa shape index (κ3) is 5.74. The van der Waals surface area contributed by atoms with Crippen molar-refractivity contribution in [3.05, 3.63) is 118 Å². The predicted octanol–water partition coefficient (Wildman–Crippen LogP) is 6.87. The van der Waals surface area contributed by atoms with E-state index in [9.17, 15) is 15.2 Å². The van der Waals surface area contributed by atoms with Gasteiger partial charge in [0.1, 0.15) is 19.0 Å². The van der Waals surface area contributed by atoms with Crippen molar-refractivity contribution in [2.24, 2.45) is 10.2 Å². The number of nitrogens with zero attached hydrogens (tertiary/aromatic N) is 3. The van der Waals surface area contributed by atoms with E-state index in [2.05, 4.69) is 10.2 Å². The Morgan fingerprint density at radius 3 is 1.76 bits per heavy atom. The lowest BCUT2D eigenvalue weighted by Crippen LogP contribution is -1.99. The predicted molar refractivity (Wildman–Crippen MR) is 127 cm³/mol. The third-order valence-corrected chi connectivity index (χ3v) is 4.84. The van der Waals surface area contributed by atoms with Gasteiger partial charge in [-0.25, -0.2) is 0 Å². The Balaban J connectivity index is 1.69. The fourth-order valence-electron chi connectivity index (χ4n) is 3.16. The monoisotopic (exact) mass is 455 g/mol. The van der Waals surface area contributed by atoms with Gasteiger partial charge in [-0.2, -0.15) is 0 Å². The van der Waals surface area contributed by atoms with Gasteiger partial charge in [0.15, 0.2) is 22.9 Å². The second kappa shape index (κ2) is 10.7. The molecule has 0 aliphatic carbocycles. The number of hydrogen-bond donors (Lipinski definition) is 1. The molecule has 0 aliphatic rings. The lowest BCUT2D eigenvalue weighted by atomic mass is 10.2. The van der Waals surface area contributed by atoms with Gasteiger partial charge in [0, 0.05) is 18.2 Å². The Morgan fingerprint density at radius 1 is 0.735 bits per heavy atom. The zero-order valence-electron chi connectivity index (χ0n) is 18.1. The maximum absolute atomic E-state index is 11.4. The van der Waals surface area contributed by atoms with Crippen LogP contribution in [-0.4, -0.2) is 10.0 Å². The fourth-order valence-corrected chi connectivity index (χ4v) is 3.16. The molecule has 0 unspecified atom stereocenters. The van der Waals surface area contributed by atoms with Crippen LogP contribution in [0.5, 0.6) is 17.2 Å². The van der Waals surface area contributed by atoms with Crippen LogP contribution < -0.4 is 9.47 Å². The first-order valence-electron chi connectivity index (χ1n) is 10.5. The summed E-state index contributed by atoms with van der Waals surface area (Å²) >= 11 is 0. The summed E-state index contributed by atoms with van der Waals surface area (Å²) in [4.78, 5) is 10.8. The maximum Gasteiger partial charge on any atom is 0.296 e. The Bertz CT molecular complexity index is 1230. The number of benzene rings is 4. The number of azo groups is 1. The highest BCUT2D eigenvalue weighted by Gasteiger charge is 2.17. The van der Waals surface area contributed by atoms with Gasteiger partial charge in [0.2, 0.25) is 0 Å². The average Bonchev–Trinajstić information content (AvgIpc) is 2.86. The highest BCUT2D eigenvalue weighted by molar-refractivity contribution is 5.65. The summed E-state index contributed by atoms with van der Waals surface area (Å²) in [7, 11) is 0. The summed E-state index contributed by atoms with van der Waals surface area (Å²) in [5, 5.41) is 30.0. The number of aromatic hydroxyl groups is 1. The Kier molecular flexibility index (Phi) is 7.09. The van der Waals surface area contributed by atoms with Gasteiger partial charge in [-0.3, -0.25) is 10.1 Å². The van der Waals surface area contributed by atoms with Crippen LogP contribution in [0.15, 0.2) is 107 Å². The summed E-state index contributed by atoms with van der Waals surface area (Å²) in [5.74, 6) is 0.388. The SMILES string of the molecule is O=[N+]([O-])c1ccccc1N=Nc1c(OCc2ccccc2)cc(O)cc1OCc1ccccc1. The molecule has 0 amide bonds. The van der Waals surface area contributed by atoms with Gasteiger partial charge in [-0.05, 0) is 17.2 Å². The van der Waals surface area contributed by atoms with Gasteiger partial charge in [0.25, 0.3) is 5.69 Å². The Labute approximate surface area is 195 Å². The second-order valence-corrected chi connectivity index (χ2v) is 7.29. The first-order chi connectivity index (χ1) is 16.6. The lowest BCUT2D eigenvalue weighted by Gasteiger charge is -2.14. The van der Waals surface area contributed by atoms with Crippen LogP contribution in [0.1, 0.15) is 11.1 Å². The van der Waals surface area contributed by atoms with E-state index in [4.69, 9.17) is 9.47 Å². The molecule has 0 aromatic heterocycles. The molecule has 34 heavy (non-hydrogen) atoms. The van der Waals surface area contributed by atoms with Gasteiger partial charge in [0.05, 0.1) is 4.92 Å².